The molecule has 1 aliphatic rings. The number of non-ortho nitro benzene ring substituents is 1. The highest BCUT2D eigenvalue weighted by Gasteiger charge is 2.33. The van der Waals surface area contributed by atoms with Gasteiger partial charge in [0.15, 0.2) is 4.32 Å². The van der Waals surface area contributed by atoms with Crippen LogP contribution < -0.4 is 4.90 Å². The van der Waals surface area contributed by atoms with Crippen LogP contribution >= 0.6 is 47.2 Å². The Labute approximate surface area is 190 Å². The van der Waals surface area contributed by atoms with Gasteiger partial charge in [-0.25, -0.2) is 0 Å². The van der Waals surface area contributed by atoms with Crippen molar-refractivity contribution in [3.8, 4) is 11.3 Å². The summed E-state index contributed by atoms with van der Waals surface area (Å²) in [6, 6.07) is 14.4. The first-order valence-corrected chi connectivity index (χ1v) is 10.4. The molecule has 0 aliphatic carbocycles. The summed E-state index contributed by atoms with van der Waals surface area (Å²) in [6.45, 7) is 0. The summed E-state index contributed by atoms with van der Waals surface area (Å²) in [4.78, 5) is 25.0. The van der Waals surface area contributed by atoms with Crippen molar-refractivity contribution < 1.29 is 14.1 Å². The van der Waals surface area contributed by atoms with Gasteiger partial charge in [0.1, 0.15) is 11.5 Å². The van der Waals surface area contributed by atoms with Gasteiger partial charge in [0.05, 0.1) is 20.5 Å². The molecule has 1 amide bonds. The molecular weight excluding hydrogens is 467 g/mol. The topological polar surface area (TPSA) is 76.6 Å². The lowest BCUT2D eigenvalue weighted by Gasteiger charge is -2.14. The number of nitrogens with zero attached hydrogens (tertiary/aromatic N) is 2. The first kappa shape index (κ1) is 20.6. The molecule has 2 heterocycles. The van der Waals surface area contributed by atoms with Crippen molar-refractivity contribution >= 4 is 74.9 Å². The van der Waals surface area contributed by atoms with E-state index in [0.717, 1.165) is 11.8 Å². The molecule has 0 spiro atoms. The maximum atomic E-state index is 12.8. The van der Waals surface area contributed by atoms with Gasteiger partial charge in [-0.15, -0.1) is 0 Å². The first-order chi connectivity index (χ1) is 14.3. The van der Waals surface area contributed by atoms with E-state index in [4.69, 9.17) is 39.8 Å². The number of hydrogen-bond acceptors (Lipinski definition) is 6. The van der Waals surface area contributed by atoms with Crippen molar-refractivity contribution in [2.75, 3.05) is 4.90 Å². The zero-order chi connectivity index (χ0) is 21.4. The number of benzene rings is 2. The molecule has 4 rings (SSSR count). The lowest BCUT2D eigenvalue weighted by molar-refractivity contribution is -0.384. The number of anilines is 1. The van der Waals surface area contributed by atoms with Crippen molar-refractivity contribution in [1.82, 2.24) is 0 Å². The molecule has 0 bridgehead atoms. The monoisotopic (exact) mass is 476 g/mol. The number of carbonyl (C=O) groups excluding carboxylic acids is 1. The van der Waals surface area contributed by atoms with E-state index in [2.05, 4.69) is 0 Å². The molecule has 0 unspecified atom stereocenters. The largest absolute Gasteiger partial charge is 0.457 e. The van der Waals surface area contributed by atoms with Crippen LogP contribution in [0.4, 0.5) is 11.4 Å². The van der Waals surface area contributed by atoms with Gasteiger partial charge >= 0.3 is 0 Å². The van der Waals surface area contributed by atoms with Crippen molar-refractivity contribution in [2.24, 2.45) is 0 Å². The van der Waals surface area contributed by atoms with Crippen LogP contribution in [0.15, 0.2) is 63.9 Å². The molecule has 0 N–H and O–H groups in total. The Morgan fingerprint density at radius 3 is 2.63 bits per heavy atom. The first-order valence-electron chi connectivity index (χ1n) is 8.41. The van der Waals surface area contributed by atoms with Crippen molar-refractivity contribution in [1.29, 1.82) is 0 Å². The molecule has 2 aromatic carbocycles. The fourth-order valence-electron chi connectivity index (χ4n) is 2.83. The Morgan fingerprint density at radius 1 is 1.13 bits per heavy atom. The fraction of sp³-hybridized carbons (Fsp3) is 0. The molecular formula is C20H10Cl2N2O4S2. The molecule has 10 heteroatoms. The van der Waals surface area contributed by atoms with Crippen LogP contribution in [0.2, 0.25) is 10.0 Å². The van der Waals surface area contributed by atoms with E-state index in [1.165, 1.54) is 23.1 Å². The van der Waals surface area contributed by atoms with Crippen molar-refractivity contribution in [2.45, 2.75) is 0 Å². The van der Waals surface area contributed by atoms with Crippen LogP contribution in [0.3, 0.4) is 0 Å². The number of thioether (sulfide) groups is 1. The third-order valence-corrected chi connectivity index (χ3v) is 6.04. The number of nitro benzene ring substituents is 1. The molecule has 150 valence electrons. The number of furan rings is 1. The van der Waals surface area contributed by atoms with Crippen molar-refractivity contribution in [3.63, 3.8) is 0 Å². The second-order valence-electron chi connectivity index (χ2n) is 6.12. The summed E-state index contributed by atoms with van der Waals surface area (Å²) < 4.78 is 6.16. The van der Waals surface area contributed by atoms with Gasteiger partial charge in [-0.1, -0.05) is 53.2 Å². The minimum absolute atomic E-state index is 0.111. The Bertz CT molecular complexity index is 1240. The van der Waals surface area contributed by atoms with Crippen LogP contribution in [0.1, 0.15) is 5.76 Å². The normalized spacial score (nSPS) is 15.3. The number of carbonyl (C=O) groups is 1. The van der Waals surface area contributed by atoms with Gasteiger partial charge in [-0.2, -0.15) is 0 Å². The minimum Gasteiger partial charge on any atom is -0.457 e. The predicted octanol–water partition coefficient (Wildman–Crippen LogP) is 6.57. The highest BCUT2D eigenvalue weighted by atomic mass is 35.5. The second-order valence-corrected chi connectivity index (χ2v) is 8.64. The molecule has 1 saturated heterocycles. The molecule has 1 fully saturated rings. The average molecular weight is 477 g/mol. The lowest BCUT2D eigenvalue weighted by Crippen LogP contribution is -2.27. The predicted molar refractivity (Wildman–Crippen MR) is 123 cm³/mol. The Hall–Kier alpha value is -2.65. The zero-order valence-electron chi connectivity index (χ0n) is 14.9. The standard InChI is InChI=1S/C20H10Cl2N2O4S2/c21-11-2-1-3-12(8-11)23-19(25)18(30-20(23)29)10-14-5-7-17(28-14)15-6-4-13(24(26)27)9-16(15)22/h1-10H/b18-10+. The zero-order valence-corrected chi connectivity index (χ0v) is 18.0. The molecule has 1 aliphatic heterocycles. The van der Waals surface area contributed by atoms with Gasteiger partial charge in [-0.3, -0.25) is 19.8 Å². The van der Waals surface area contributed by atoms with E-state index in [9.17, 15) is 14.9 Å². The molecule has 30 heavy (non-hydrogen) atoms. The molecule has 3 aromatic rings. The Kier molecular flexibility index (Phi) is 5.66. The van der Waals surface area contributed by atoms with Gasteiger partial charge in [0, 0.05) is 28.8 Å². The number of thiocarbonyl (C=S) groups is 1. The molecule has 0 radical (unpaired) electrons. The Balaban J connectivity index is 1.61. The van der Waals surface area contributed by atoms with Gasteiger partial charge in [0.25, 0.3) is 11.6 Å². The lowest BCUT2D eigenvalue weighted by atomic mass is 10.1. The second kappa shape index (κ2) is 8.23. The summed E-state index contributed by atoms with van der Waals surface area (Å²) >= 11 is 18.7. The number of nitro groups is 1. The number of halogens is 2. The summed E-state index contributed by atoms with van der Waals surface area (Å²) in [5.41, 5.74) is 0.986. The van der Waals surface area contributed by atoms with E-state index in [1.807, 2.05) is 0 Å². The van der Waals surface area contributed by atoms with Crippen LogP contribution in [0.5, 0.6) is 0 Å². The maximum absolute atomic E-state index is 12.8. The summed E-state index contributed by atoms with van der Waals surface area (Å²) in [7, 11) is 0. The number of amides is 1. The smallest absolute Gasteiger partial charge is 0.270 e. The summed E-state index contributed by atoms with van der Waals surface area (Å²) in [5.74, 6) is 0.566. The third kappa shape index (κ3) is 3.99. The van der Waals surface area contributed by atoms with Gasteiger partial charge in [0.2, 0.25) is 0 Å². The van der Waals surface area contributed by atoms with Crippen LogP contribution in [0.25, 0.3) is 17.4 Å². The fourth-order valence-corrected chi connectivity index (χ4v) is 4.56. The summed E-state index contributed by atoms with van der Waals surface area (Å²) in [5, 5.41) is 11.6. The highest BCUT2D eigenvalue weighted by molar-refractivity contribution is 8.27. The van der Waals surface area contributed by atoms with Crippen LogP contribution in [0, 0.1) is 10.1 Å². The van der Waals surface area contributed by atoms with E-state index in [1.54, 1.807) is 42.5 Å². The summed E-state index contributed by atoms with van der Waals surface area (Å²) in [6.07, 6.45) is 1.59. The number of rotatable bonds is 4. The SMILES string of the molecule is O=C1/C(=C\c2ccc(-c3ccc([N+](=O)[O-])cc3Cl)o2)SC(=S)N1c1cccc(Cl)c1. The van der Waals surface area contributed by atoms with Crippen molar-refractivity contribution in [3.05, 3.63) is 85.4 Å². The van der Waals surface area contributed by atoms with E-state index >= 15 is 0 Å². The molecule has 0 saturated carbocycles. The van der Waals surface area contributed by atoms with Crippen LogP contribution in [-0.4, -0.2) is 15.2 Å². The molecule has 6 nitrogen and oxygen atoms in total. The van der Waals surface area contributed by atoms with Gasteiger partial charge in [-0.05, 0) is 36.4 Å². The number of hydrogen-bond donors (Lipinski definition) is 0. The molecule has 0 atom stereocenters. The average Bonchev–Trinajstić information content (AvgIpc) is 3.26. The minimum atomic E-state index is -0.523. The van der Waals surface area contributed by atoms with E-state index < -0.39 is 4.92 Å². The van der Waals surface area contributed by atoms with E-state index in [0.29, 0.717) is 37.0 Å². The third-order valence-electron chi connectivity index (χ3n) is 4.19. The van der Waals surface area contributed by atoms with Crippen LogP contribution in [-0.2, 0) is 4.79 Å². The maximum Gasteiger partial charge on any atom is 0.270 e. The highest BCUT2D eigenvalue weighted by Crippen LogP contribution is 2.38. The van der Waals surface area contributed by atoms with Gasteiger partial charge < -0.3 is 4.42 Å². The molecule has 1 aromatic heterocycles. The quantitative estimate of drug-likeness (QED) is 0.183. The van der Waals surface area contributed by atoms with E-state index in [-0.39, 0.29) is 16.6 Å². The Morgan fingerprint density at radius 2 is 1.93 bits per heavy atom.